The number of benzene rings is 2. The van der Waals surface area contributed by atoms with E-state index in [0.29, 0.717) is 16.8 Å². The highest BCUT2D eigenvalue weighted by Crippen LogP contribution is 2.33. The highest BCUT2D eigenvalue weighted by molar-refractivity contribution is 6.01. The molecule has 10 heteroatoms. The number of amides is 3. The molecule has 1 saturated carbocycles. The fourth-order valence-corrected chi connectivity index (χ4v) is 5.69. The van der Waals surface area contributed by atoms with Gasteiger partial charge in [-0.25, -0.2) is 0 Å². The fraction of sp³-hybridized carbons (Fsp3) is 0.438. The van der Waals surface area contributed by atoms with Gasteiger partial charge in [0.05, 0.1) is 5.70 Å². The third-order valence-corrected chi connectivity index (χ3v) is 7.80. The van der Waals surface area contributed by atoms with Gasteiger partial charge in [-0.15, -0.1) is 0 Å². The van der Waals surface area contributed by atoms with Crippen molar-refractivity contribution in [3.63, 3.8) is 0 Å². The lowest BCUT2D eigenvalue weighted by Gasteiger charge is -2.42. The van der Waals surface area contributed by atoms with Crippen molar-refractivity contribution in [2.75, 3.05) is 6.54 Å². The molecule has 0 bridgehead atoms. The first kappa shape index (κ1) is 31.0. The molecule has 0 aromatic heterocycles. The van der Waals surface area contributed by atoms with Crippen LogP contribution in [0.4, 0.5) is 13.2 Å². The first-order valence-corrected chi connectivity index (χ1v) is 14.3. The van der Waals surface area contributed by atoms with E-state index in [1.165, 1.54) is 9.80 Å². The summed E-state index contributed by atoms with van der Waals surface area (Å²) in [6.07, 6.45) is 0.486. The lowest BCUT2D eigenvalue weighted by molar-refractivity contribution is -0.173. The molecule has 1 aliphatic carbocycles. The fourth-order valence-electron chi connectivity index (χ4n) is 5.69. The number of Topliss-reactive ketones (excluding diaryl/α,β-unsaturated/α-hetero) is 1. The summed E-state index contributed by atoms with van der Waals surface area (Å²) < 4.78 is 40.4. The maximum atomic E-state index is 14.0. The van der Waals surface area contributed by atoms with Gasteiger partial charge in [-0.05, 0) is 29.9 Å². The number of nitrogens with one attached hydrogen (secondary N) is 1. The van der Waals surface area contributed by atoms with Gasteiger partial charge in [-0.2, -0.15) is 13.2 Å². The molecular weight excluding hydrogens is 547 g/mol. The van der Waals surface area contributed by atoms with Gasteiger partial charge in [0.1, 0.15) is 18.6 Å². The third kappa shape index (κ3) is 7.27. The molecule has 0 saturated heterocycles. The summed E-state index contributed by atoms with van der Waals surface area (Å²) in [5, 5.41) is 2.23. The van der Waals surface area contributed by atoms with Gasteiger partial charge in [0.25, 0.3) is 11.7 Å². The topological polar surface area (TPSA) is 86.8 Å². The van der Waals surface area contributed by atoms with Crippen LogP contribution in [0.2, 0.25) is 0 Å². The number of halogens is 3. The van der Waals surface area contributed by atoms with Crippen LogP contribution < -0.4 is 5.32 Å². The van der Waals surface area contributed by atoms with Crippen molar-refractivity contribution in [1.82, 2.24) is 15.1 Å². The highest BCUT2D eigenvalue weighted by Gasteiger charge is 2.45. The molecule has 1 aliphatic heterocycles. The molecule has 2 aromatic carbocycles. The first-order chi connectivity index (χ1) is 20.0. The molecule has 0 radical (unpaired) electrons. The van der Waals surface area contributed by atoms with E-state index >= 15 is 0 Å². The molecule has 1 fully saturated rings. The Hall–Kier alpha value is -3.95. The molecule has 224 valence electrons. The Morgan fingerprint density at radius 1 is 0.929 bits per heavy atom. The number of hydrogen-bond donors (Lipinski definition) is 1. The number of ketones is 1. The molecule has 1 N–H and O–H groups in total. The third-order valence-electron chi connectivity index (χ3n) is 7.80. The van der Waals surface area contributed by atoms with Crippen LogP contribution in [0.1, 0.15) is 57.1 Å². The number of alkyl halides is 3. The molecule has 2 atom stereocenters. The molecule has 2 aliphatic rings. The van der Waals surface area contributed by atoms with E-state index < -0.39 is 42.4 Å². The standard InChI is InChI=1S/C32H36F3N3O4/c1-21(2)28-31(42)37(20-27(39)36-25(29(40)32(33,34)35)18-22-12-6-3-7-13-22)26(23-14-8-4-9-15-23)19-38(28)30(41)24-16-10-5-11-17-24/h3-4,6-9,12-15,19,21,24-25,28H,5,10-11,16-18,20H2,1-2H3,(H,36,39)/t25-,28-/m0/s1. The molecular formula is C32H36F3N3O4. The molecule has 42 heavy (non-hydrogen) atoms. The molecule has 0 unspecified atom stereocenters. The molecule has 0 spiro atoms. The Morgan fingerprint density at radius 3 is 2.10 bits per heavy atom. The van der Waals surface area contributed by atoms with Gasteiger partial charge in [0.2, 0.25) is 11.8 Å². The number of rotatable bonds is 9. The smallest absolute Gasteiger partial charge is 0.344 e. The molecule has 7 nitrogen and oxygen atoms in total. The summed E-state index contributed by atoms with van der Waals surface area (Å²) in [6, 6.07) is 14.1. The maximum Gasteiger partial charge on any atom is 0.452 e. The van der Waals surface area contributed by atoms with Crippen LogP contribution in [0.25, 0.3) is 5.70 Å². The Balaban J connectivity index is 1.65. The van der Waals surface area contributed by atoms with Gasteiger partial charge in [0, 0.05) is 18.5 Å². The molecule has 3 amide bonds. The average molecular weight is 584 g/mol. The van der Waals surface area contributed by atoms with E-state index in [1.807, 2.05) is 0 Å². The van der Waals surface area contributed by atoms with Crippen molar-refractivity contribution in [2.45, 2.75) is 70.6 Å². The van der Waals surface area contributed by atoms with E-state index in [-0.39, 0.29) is 24.2 Å². The van der Waals surface area contributed by atoms with Crippen molar-refractivity contribution < 1.29 is 32.3 Å². The summed E-state index contributed by atoms with van der Waals surface area (Å²) >= 11 is 0. The normalized spacial score (nSPS) is 19.0. The predicted molar refractivity (Wildman–Crippen MR) is 151 cm³/mol. The van der Waals surface area contributed by atoms with Crippen LogP contribution in [0.5, 0.6) is 0 Å². The maximum absolute atomic E-state index is 14.0. The van der Waals surface area contributed by atoms with Crippen molar-refractivity contribution in [3.05, 3.63) is 78.0 Å². The van der Waals surface area contributed by atoms with Gasteiger partial charge < -0.3 is 10.2 Å². The molecule has 4 rings (SSSR count). The zero-order valence-electron chi connectivity index (χ0n) is 23.8. The SMILES string of the molecule is CC(C)[C@H]1C(=O)N(CC(=O)N[C@@H](Cc2ccccc2)C(=O)C(F)(F)F)C(c2ccccc2)=CN1C(=O)C1CCCCC1. The summed E-state index contributed by atoms with van der Waals surface area (Å²) in [5.74, 6) is -4.15. The van der Waals surface area contributed by atoms with Crippen molar-refractivity contribution in [3.8, 4) is 0 Å². The van der Waals surface area contributed by atoms with Gasteiger partial charge in [-0.1, -0.05) is 93.8 Å². The second-order valence-electron chi connectivity index (χ2n) is 11.2. The minimum atomic E-state index is -5.16. The second-order valence-corrected chi connectivity index (χ2v) is 11.2. The quantitative estimate of drug-likeness (QED) is 0.444. The van der Waals surface area contributed by atoms with Gasteiger partial charge in [-0.3, -0.25) is 24.1 Å². The Labute approximate surface area is 243 Å². The van der Waals surface area contributed by atoms with E-state index in [0.717, 1.165) is 32.1 Å². The van der Waals surface area contributed by atoms with E-state index in [4.69, 9.17) is 0 Å². The van der Waals surface area contributed by atoms with E-state index in [9.17, 15) is 32.3 Å². The highest BCUT2D eigenvalue weighted by atomic mass is 19.4. The van der Waals surface area contributed by atoms with Crippen LogP contribution in [0, 0.1) is 11.8 Å². The average Bonchev–Trinajstić information content (AvgIpc) is 2.97. The van der Waals surface area contributed by atoms with Crippen molar-refractivity contribution >= 4 is 29.2 Å². The van der Waals surface area contributed by atoms with Crippen LogP contribution >= 0.6 is 0 Å². The second kappa shape index (κ2) is 13.4. The van der Waals surface area contributed by atoms with Crippen molar-refractivity contribution in [2.24, 2.45) is 11.8 Å². The number of hydrogen-bond acceptors (Lipinski definition) is 4. The zero-order valence-corrected chi connectivity index (χ0v) is 23.8. The summed E-state index contributed by atoms with van der Waals surface area (Å²) in [5.41, 5.74) is 1.30. The molecule has 2 aromatic rings. The summed E-state index contributed by atoms with van der Waals surface area (Å²) in [4.78, 5) is 56.0. The van der Waals surface area contributed by atoms with Crippen LogP contribution in [-0.4, -0.2) is 58.1 Å². The van der Waals surface area contributed by atoms with Crippen LogP contribution in [0.15, 0.2) is 66.9 Å². The van der Waals surface area contributed by atoms with E-state index in [2.05, 4.69) is 5.32 Å². The molecule has 1 heterocycles. The Bertz CT molecular complexity index is 1310. The summed E-state index contributed by atoms with van der Waals surface area (Å²) in [6.45, 7) is 2.99. The number of carbonyl (C=O) groups is 4. The van der Waals surface area contributed by atoms with Gasteiger partial charge >= 0.3 is 6.18 Å². The first-order valence-electron chi connectivity index (χ1n) is 14.3. The largest absolute Gasteiger partial charge is 0.452 e. The zero-order chi connectivity index (χ0) is 30.4. The van der Waals surface area contributed by atoms with Crippen LogP contribution in [-0.2, 0) is 25.6 Å². The number of carbonyl (C=O) groups excluding carboxylic acids is 4. The minimum Gasteiger partial charge on any atom is -0.344 e. The monoisotopic (exact) mass is 583 g/mol. The van der Waals surface area contributed by atoms with Gasteiger partial charge in [0.15, 0.2) is 0 Å². The van der Waals surface area contributed by atoms with Crippen molar-refractivity contribution in [1.29, 1.82) is 0 Å². The predicted octanol–water partition coefficient (Wildman–Crippen LogP) is 5.12. The lowest BCUT2D eigenvalue weighted by Crippen LogP contribution is -2.58. The lowest BCUT2D eigenvalue weighted by atomic mass is 9.87. The van der Waals surface area contributed by atoms with Crippen LogP contribution in [0.3, 0.4) is 0 Å². The Morgan fingerprint density at radius 2 is 1.52 bits per heavy atom. The summed E-state index contributed by atoms with van der Waals surface area (Å²) in [7, 11) is 0. The minimum absolute atomic E-state index is 0.141. The number of nitrogens with zero attached hydrogens (tertiary/aromatic N) is 2. The Kier molecular flexibility index (Phi) is 9.85. The van der Waals surface area contributed by atoms with E-state index in [1.54, 1.807) is 80.7 Å².